The lowest BCUT2D eigenvalue weighted by atomic mass is 10.1. The van der Waals surface area contributed by atoms with Crippen LogP contribution in [0.15, 0.2) is 47.4 Å². The minimum Gasteiger partial charge on any atom is -0.336 e. The van der Waals surface area contributed by atoms with Gasteiger partial charge in [0.1, 0.15) is 6.07 Å². The Balaban J connectivity index is 1.74. The molecule has 140 valence electrons. The van der Waals surface area contributed by atoms with E-state index in [0.29, 0.717) is 18.7 Å². The molecule has 0 unspecified atom stereocenters. The maximum atomic E-state index is 12.9. The molecule has 0 radical (unpaired) electrons. The van der Waals surface area contributed by atoms with Crippen LogP contribution in [0.1, 0.15) is 27.0 Å². The number of nitriles is 1. The Hall–Kier alpha value is -2.69. The zero-order valence-electron chi connectivity index (χ0n) is 15.3. The number of rotatable bonds is 3. The van der Waals surface area contributed by atoms with Crippen LogP contribution in [-0.2, 0) is 10.0 Å². The van der Waals surface area contributed by atoms with Crippen LogP contribution in [0.4, 0.5) is 0 Å². The molecule has 1 amide bonds. The third kappa shape index (κ3) is 3.72. The number of carbonyl (C=O) groups excluding carboxylic acids is 1. The highest BCUT2D eigenvalue weighted by atomic mass is 32.2. The predicted molar refractivity (Wildman–Crippen MR) is 102 cm³/mol. The standard InChI is InChI=1S/C20H21N3O3S/c1-15-7-8-17(13-16(15)2)20(24)22-9-11-23(12-10-22)27(25,26)19-6-4-3-5-18(19)14-21/h3-8,13H,9-12H2,1-2H3. The summed E-state index contributed by atoms with van der Waals surface area (Å²) in [6.07, 6.45) is 0. The number of benzene rings is 2. The molecule has 0 atom stereocenters. The van der Waals surface area contributed by atoms with E-state index in [-0.39, 0.29) is 29.5 Å². The highest BCUT2D eigenvalue weighted by Crippen LogP contribution is 2.22. The largest absolute Gasteiger partial charge is 0.336 e. The normalized spacial score (nSPS) is 15.4. The first-order valence-corrected chi connectivity index (χ1v) is 10.1. The summed E-state index contributed by atoms with van der Waals surface area (Å²) in [4.78, 5) is 14.4. The SMILES string of the molecule is Cc1ccc(C(=O)N2CCN(S(=O)(=O)c3ccccc3C#N)CC2)cc1C. The van der Waals surface area contributed by atoms with E-state index in [9.17, 15) is 18.5 Å². The molecule has 1 heterocycles. The number of amides is 1. The Morgan fingerprint density at radius 1 is 1.00 bits per heavy atom. The van der Waals surface area contributed by atoms with Crippen LogP contribution in [0.2, 0.25) is 0 Å². The quantitative estimate of drug-likeness (QED) is 0.815. The molecule has 6 nitrogen and oxygen atoms in total. The van der Waals surface area contributed by atoms with Crippen LogP contribution in [0.5, 0.6) is 0 Å². The van der Waals surface area contributed by atoms with Gasteiger partial charge in [-0.25, -0.2) is 8.42 Å². The minimum absolute atomic E-state index is 0.0152. The first kappa shape index (κ1) is 19.1. The molecule has 0 bridgehead atoms. The summed E-state index contributed by atoms with van der Waals surface area (Å²) in [6, 6.07) is 13.7. The third-order valence-electron chi connectivity index (χ3n) is 4.91. The molecular formula is C20H21N3O3S. The Kier molecular flexibility index (Phi) is 5.31. The summed E-state index contributed by atoms with van der Waals surface area (Å²) in [5, 5.41) is 9.18. The number of hydrogen-bond acceptors (Lipinski definition) is 4. The van der Waals surface area contributed by atoms with Crippen LogP contribution < -0.4 is 0 Å². The minimum atomic E-state index is -3.76. The molecule has 7 heteroatoms. The van der Waals surface area contributed by atoms with Crippen molar-refractivity contribution in [3.8, 4) is 6.07 Å². The van der Waals surface area contributed by atoms with Crippen molar-refractivity contribution in [2.75, 3.05) is 26.2 Å². The molecule has 0 aromatic heterocycles. The van der Waals surface area contributed by atoms with Gasteiger partial charge in [-0.05, 0) is 49.2 Å². The lowest BCUT2D eigenvalue weighted by molar-refractivity contribution is 0.0698. The fraction of sp³-hybridized carbons (Fsp3) is 0.300. The van der Waals surface area contributed by atoms with Gasteiger partial charge in [0.25, 0.3) is 5.91 Å². The van der Waals surface area contributed by atoms with Crippen molar-refractivity contribution in [1.29, 1.82) is 5.26 Å². The van der Waals surface area contributed by atoms with Crippen LogP contribution in [-0.4, -0.2) is 49.7 Å². The summed E-state index contributed by atoms with van der Waals surface area (Å²) in [5.74, 6) is -0.0902. The summed E-state index contributed by atoms with van der Waals surface area (Å²) in [5.41, 5.74) is 2.92. The average Bonchev–Trinajstić information content (AvgIpc) is 2.69. The van der Waals surface area contributed by atoms with Crippen LogP contribution in [0.25, 0.3) is 0 Å². The molecule has 0 aliphatic carbocycles. The van der Waals surface area contributed by atoms with E-state index in [1.807, 2.05) is 32.0 Å². The molecule has 2 aromatic carbocycles. The molecule has 0 saturated carbocycles. The third-order valence-corrected chi connectivity index (χ3v) is 6.86. The molecule has 0 N–H and O–H groups in total. The average molecular weight is 383 g/mol. The smallest absolute Gasteiger partial charge is 0.253 e. The van der Waals surface area contributed by atoms with E-state index < -0.39 is 10.0 Å². The number of piperazine rings is 1. The van der Waals surface area contributed by atoms with Crippen LogP contribution in [0, 0.1) is 25.2 Å². The Morgan fingerprint density at radius 3 is 2.30 bits per heavy atom. The van der Waals surface area contributed by atoms with Crippen molar-refractivity contribution in [3.05, 3.63) is 64.7 Å². The molecule has 27 heavy (non-hydrogen) atoms. The predicted octanol–water partition coefficient (Wildman–Crippen LogP) is 2.32. The zero-order chi connectivity index (χ0) is 19.6. The van der Waals surface area contributed by atoms with Gasteiger partial charge in [0.05, 0.1) is 10.5 Å². The second-order valence-electron chi connectivity index (χ2n) is 6.60. The van der Waals surface area contributed by atoms with Gasteiger partial charge in [-0.1, -0.05) is 18.2 Å². The second-order valence-corrected chi connectivity index (χ2v) is 8.51. The van der Waals surface area contributed by atoms with Crippen molar-refractivity contribution in [3.63, 3.8) is 0 Å². The van der Waals surface area contributed by atoms with Gasteiger partial charge >= 0.3 is 0 Å². The lowest BCUT2D eigenvalue weighted by Crippen LogP contribution is -2.50. The Labute approximate surface area is 159 Å². The Morgan fingerprint density at radius 2 is 1.67 bits per heavy atom. The molecule has 1 saturated heterocycles. The van der Waals surface area contributed by atoms with E-state index in [1.165, 1.54) is 16.4 Å². The maximum Gasteiger partial charge on any atom is 0.253 e. The highest BCUT2D eigenvalue weighted by molar-refractivity contribution is 7.89. The van der Waals surface area contributed by atoms with Crippen molar-refractivity contribution in [2.24, 2.45) is 0 Å². The first-order valence-electron chi connectivity index (χ1n) is 8.70. The van der Waals surface area contributed by atoms with E-state index in [1.54, 1.807) is 23.1 Å². The van der Waals surface area contributed by atoms with Gasteiger partial charge in [0.15, 0.2) is 0 Å². The van der Waals surface area contributed by atoms with Crippen molar-refractivity contribution in [1.82, 2.24) is 9.21 Å². The summed E-state index contributed by atoms with van der Waals surface area (Å²) >= 11 is 0. The molecular weight excluding hydrogens is 362 g/mol. The van der Waals surface area contributed by atoms with E-state index >= 15 is 0 Å². The van der Waals surface area contributed by atoms with Crippen molar-refractivity contribution >= 4 is 15.9 Å². The van der Waals surface area contributed by atoms with Gasteiger partial charge in [-0.3, -0.25) is 4.79 Å². The van der Waals surface area contributed by atoms with Gasteiger partial charge in [0, 0.05) is 31.7 Å². The molecule has 0 spiro atoms. The van der Waals surface area contributed by atoms with Gasteiger partial charge in [-0.2, -0.15) is 9.57 Å². The van der Waals surface area contributed by atoms with E-state index in [2.05, 4.69) is 0 Å². The molecule has 3 rings (SSSR count). The topological polar surface area (TPSA) is 81.5 Å². The fourth-order valence-electron chi connectivity index (χ4n) is 3.11. The van der Waals surface area contributed by atoms with Crippen molar-refractivity contribution < 1.29 is 13.2 Å². The molecule has 1 fully saturated rings. The lowest BCUT2D eigenvalue weighted by Gasteiger charge is -2.34. The van der Waals surface area contributed by atoms with E-state index in [4.69, 9.17) is 0 Å². The van der Waals surface area contributed by atoms with Gasteiger partial charge in [0.2, 0.25) is 10.0 Å². The monoisotopic (exact) mass is 383 g/mol. The maximum absolute atomic E-state index is 12.9. The number of hydrogen-bond donors (Lipinski definition) is 0. The van der Waals surface area contributed by atoms with Crippen LogP contribution >= 0.6 is 0 Å². The summed E-state index contributed by atoms with van der Waals surface area (Å²) < 4.78 is 27.1. The summed E-state index contributed by atoms with van der Waals surface area (Å²) in [6.45, 7) is 5.01. The van der Waals surface area contributed by atoms with Gasteiger partial charge < -0.3 is 4.90 Å². The van der Waals surface area contributed by atoms with Crippen molar-refractivity contribution in [2.45, 2.75) is 18.7 Å². The summed E-state index contributed by atoms with van der Waals surface area (Å²) in [7, 11) is -3.76. The second kappa shape index (κ2) is 7.51. The van der Waals surface area contributed by atoms with Crippen LogP contribution in [0.3, 0.4) is 0 Å². The highest BCUT2D eigenvalue weighted by Gasteiger charge is 2.31. The van der Waals surface area contributed by atoms with E-state index in [0.717, 1.165) is 11.1 Å². The molecule has 2 aromatic rings. The van der Waals surface area contributed by atoms with Gasteiger partial charge in [-0.15, -0.1) is 0 Å². The molecule has 1 aliphatic rings. The number of carbonyl (C=O) groups is 1. The fourth-order valence-corrected chi connectivity index (χ4v) is 4.68. The first-order chi connectivity index (χ1) is 12.8. The Bertz CT molecular complexity index is 1020. The molecule has 1 aliphatic heterocycles. The number of sulfonamides is 1. The number of aryl methyl sites for hydroxylation is 2. The number of nitrogens with zero attached hydrogens (tertiary/aromatic N) is 3. The zero-order valence-corrected chi connectivity index (χ0v) is 16.2.